The number of rotatable bonds is 2. The molecule has 1 radical (unpaired) electrons. The molecule has 1 aromatic heterocycles. The molecule has 1 saturated heterocycles. The molecule has 0 spiro atoms. The molecule has 2 heterocycles. The zero-order valence-corrected chi connectivity index (χ0v) is 11.8. The van der Waals surface area contributed by atoms with Crippen LogP contribution in [0, 0.1) is 6.92 Å². The van der Waals surface area contributed by atoms with Crippen molar-refractivity contribution in [3.05, 3.63) is 60.9 Å². The molecule has 2 aromatic rings. The van der Waals surface area contributed by atoms with E-state index in [1.54, 1.807) is 18.6 Å². The third-order valence-corrected chi connectivity index (χ3v) is 3.64. The molecule has 21 heavy (non-hydrogen) atoms. The van der Waals surface area contributed by atoms with Gasteiger partial charge in [0.25, 0.3) is 5.91 Å². The van der Waals surface area contributed by atoms with Crippen LogP contribution in [-0.4, -0.2) is 47.0 Å². The summed E-state index contributed by atoms with van der Waals surface area (Å²) in [4.78, 5) is 24.8. The number of hydrogen-bond acceptors (Lipinski definition) is 4. The minimum Gasteiger partial charge on any atom is -0.352 e. The van der Waals surface area contributed by atoms with Crippen LogP contribution in [-0.2, 0) is 0 Å². The fraction of sp³-hybridized carbons (Fsp3) is 0.250. The van der Waals surface area contributed by atoms with Crippen molar-refractivity contribution >= 4 is 11.7 Å². The van der Waals surface area contributed by atoms with Gasteiger partial charge >= 0.3 is 0 Å². The number of amides is 1. The van der Waals surface area contributed by atoms with Crippen LogP contribution in [0.5, 0.6) is 0 Å². The lowest BCUT2D eigenvalue weighted by Crippen LogP contribution is -2.49. The summed E-state index contributed by atoms with van der Waals surface area (Å²) in [6.07, 6.45) is 5.10. The number of nitrogens with zero attached hydrogens (tertiary/aromatic N) is 4. The second kappa shape index (κ2) is 5.91. The van der Waals surface area contributed by atoms with Crippen LogP contribution >= 0.6 is 0 Å². The number of anilines is 1. The van der Waals surface area contributed by atoms with Gasteiger partial charge in [-0.3, -0.25) is 9.78 Å². The van der Waals surface area contributed by atoms with Crippen molar-refractivity contribution in [3.8, 4) is 0 Å². The summed E-state index contributed by atoms with van der Waals surface area (Å²) < 4.78 is 0. The monoisotopic (exact) mass is 281 g/mol. The number of carbonyl (C=O) groups excluding carboxylic acids is 1. The Hall–Kier alpha value is -2.43. The van der Waals surface area contributed by atoms with Crippen LogP contribution in [0.1, 0.15) is 15.9 Å². The van der Waals surface area contributed by atoms with Crippen LogP contribution in [0.3, 0.4) is 0 Å². The van der Waals surface area contributed by atoms with Gasteiger partial charge in [0.05, 0.1) is 6.20 Å². The molecule has 1 aliphatic heterocycles. The fourth-order valence-corrected chi connectivity index (χ4v) is 2.42. The molecule has 5 nitrogen and oxygen atoms in total. The molecule has 0 atom stereocenters. The van der Waals surface area contributed by atoms with Gasteiger partial charge in [0.2, 0.25) is 0 Å². The van der Waals surface area contributed by atoms with Gasteiger partial charge in [-0.2, -0.15) is 0 Å². The summed E-state index contributed by atoms with van der Waals surface area (Å²) in [6.45, 7) is 6.78. The predicted molar refractivity (Wildman–Crippen MR) is 81.0 cm³/mol. The average Bonchev–Trinajstić information content (AvgIpc) is 2.56. The molecule has 0 N–H and O–H groups in total. The number of hydrogen-bond donors (Lipinski definition) is 0. The Morgan fingerprint density at radius 1 is 1.05 bits per heavy atom. The summed E-state index contributed by atoms with van der Waals surface area (Å²) in [5.41, 5.74) is 1.63. The largest absolute Gasteiger partial charge is 0.352 e. The molecule has 0 aliphatic carbocycles. The van der Waals surface area contributed by atoms with E-state index in [0.717, 1.165) is 30.0 Å². The van der Waals surface area contributed by atoms with E-state index in [1.165, 1.54) is 0 Å². The quantitative estimate of drug-likeness (QED) is 0.839. The first-order valence-corrected chi connectivity index (χ1v) is 6.96. The smallest absolute Gasteiger partial charge is 0.253 e. The summed E-state index contributed by atoms with van der Waals surface area (Å²) in [7, 11) is 0. The van der Waals surface area contributed by atoms with E-state index in [0.29, 0.717) is 13.1 Å². The Morgan fingerprint density at radius 3 is 2.38 bits per heavy atom. The molecule has 0 bridgehead atoms. The van der Waals surface area contributed by atoms with E-state index in [-0.39, 0.29) is 5.91 Å². The van der Waals surface area contributed by atoms with Crippen molar-refractivity contribution in [3.63, 3.8) is 0 Å². The van der Waals surface area contributed by atoms with Crippen LogP contribution < -0.4 is 4.90 Å². The number of aromatic nitrogens is 2. The molecule has 1 aromatic carbocycles. The molecule has 0 unspecified atom stereocenters. The van der Waals surface area contributed by atoms with Crippen molar-refractivity contribution in [2.45, 2.75) is 0 Å². The first-order chi connectivity index (χ1) is 10.2. The van der Waals surface area contributed by atoms with Crippen molar-refractivity contribution in [2.24, 2.45) is 0 Å². The molecule has 1 aliphatic rings. The van der Waals surface area contributed by atoms with Gasteiger partial charge in [0.1, 0.15) is 5.82 Å². The van der Waals surface area contributed by atoms with Crippen molar-refractivity contribution in [1.29, 1.82) is 0 Å². The molecule has 3 rings (SSSR count). The summed E-state index contributed by atoms with van der Waals surface area (Å²) >= 11 is 0. The summed E-state index contributed by atoms with van der Waals surface area (Å²) in [5, 5.41) is 0. The van der Waals surface area contributed by atoms with Crippen molar-refractivity contribution < 1.29 is 4.79 Å². The molecule has 107 valence electrons. The van der Waals surface area contributed by atoms with Crippen molar-refractivity contribution in [2.75, 3.05) is 31.1 Å². The Morgan fingerprint density at radius 2 is 1.76 bits per heavy atom. The predicted octanol–water partition coefficient (Wildman–Crippen LogP) is 1.62. The topological polar surface area (TPSA) is 49.3 Å². The SMILES string of the molecule is [CH2]c1ccc(C(=O)N2CCN(c3cnccn3)CC2)cc1. The zero-order chi connectivity index (χ0) is 14.7. The molecular weight excluding hydrogens is 264 g/mol. The molecule has 1 fully saturated rings. The lowest BCUT2D eigenvalue weighted by Gasteiger charge is -2.35. The van der Waals surface area contributed by atoms with E-state index in [1.807, 2.05) is 29.2 Å². The highest BCUT2D eigenvalue weighted by atomic mass is 16.2. The third-order valence-electron chi connectivity index (χ3n) is 3.64. The number of benzene rings is 1. The Labute approximate surface area is 124 Å². The second-order valence-corrected chi connectivity index (χ2v) is 5.04. The number of carbonyl (C=O) groups is 1. The van der Waals surface area contributed by atoms with Gasteiger partial charge in [0, 0.05) is 44.1 Å². The fourth-order valence-electron chi connectivity index (χ4n) is 2.42. The third kappa shape index (κ3) is 3.02. The van der Waals surface area contributed by atoms with E-state index in [9.17, 15) is 4.79 Å². The number of piperazine rings is 1. The molecule has 5 heteroatoms. The Bertz CT molecular complexity index is 604. The van der Waals surface area contributed by atoms with Crippen LogP contribution in [0.15, 0.2) is 42.9 Å². The minimum absolute atomic E-state index is 0.0776. The van der Waals surface area contributed by atoms with Gasteiger partial charge < -0.3 is 9.80 Å². The zero-order valence-electron chi connectivity index (χ0n) is 11.8. The van der Waals surface area contributed by atoms with Gasteiger partial charge in [-0.1, -0.05) is 12.1 Å². The average molecular weight is 281 g/mol. The molecule has 1 amide bonds. The molecule has 0 saturated carbocycles. The summed E-state index contributed by atoms with van der Waals surface area (Å²) in [6, 6.07) is 7.39. The highest BCUT2D eigenvalue weighted by Crippen LogP contribution is 2.14. The standard InChI is InChI=1S/C16H17N4O/c1-13-2-4-14(5-3-13)16(21)20-10-8-19(9-11-20)15-12-17-6-7-18-15/h2-7,12H,1,8-11H2. The normalized spacial score (nSPS) is 15.1. The maximum Gasteiger partial charge on any atom is 0.253 e. The maximum absolute atomic E-state index is 12.4. The van der Waals surface area contributed by atoms with E-state index in [4.69, 9.17) is 0 Å². The minimum atomic E-state index is 0.0776. The van der Waals surface area contributed by atoms with E-state index in [2.05, 4.69) is 21.8 Å². The lowest BCUT2D eigenvalue weighted by molar-refractivity contribution is 0.0746. The van der Waals surface area contributed by atoms with Crippen molar-refractivity contribution in [1.82, 2.24) is 14.9 Å². The van der Waals surface area contributed by atoms with E-state index < -0.39 is 0 Å². The second-order valence-electron chi connectivity index (χ2n) is 5.04. The van der Waals surface area contributed by atoms with Crippen LogP contribution in [0.25, 0.3) is 0 Å². The van der Waals surface area contributed by atoms with Crippen LogP contribution in [0.4, 0.5) is 5.82 Å². The first-order valence-electron chi connectivity index (χ1n) is 6.96. The Kier molecular flexibility index (Phi) is 3.81. The van der Waals surface area contributed by atoms with Crippen LogP contribution in [0.2, 0.25) is 0 Å². The molecular formula is C16H17N4O. The maximum atomic E-state index is 12.4. The highest BCUT2D eigenvalue weighted by Gasteiger charge is 2.22. The van der Waals surface area contributed by atoms with Gasteiger partial charge in [-0.05, 0) is 24.6 Å². The van der Waals surface area contributed by atoms with Gasteiger partial charge in [0.15, 0.2) is 0 Å². The Balaban J connectivity index is 1.63. The van der Waals surface area contributed by atoms with Gasteiger partial charge in [-0.25, -0.2) is 4.98 Å². The first kappa shape index (κ1) is 13.5. The van der Waals surface area contributed by atoms with E-state index >= 15 is 0 Å². The summed E-state index contributed by atoms with van der Waals surface area (Å²) in [5.74, 6) is 0.944. The van der Waals surface area contributed by atoms with Gasteiger partial charge in [-0.15, -0.1) is 0 Å². The highest BCUT2D eigenvalue weighted by molar-refractivity contribution is 5.94. The lowest BCUT2D eigenvalue weighted by atomic mass is 10.1.